The van der Waals surface area contributed by atoms with E-state index < -0.39 is 0 Å². The van der Waals surface area contributed by atoms with Crippen molar-refractivity contribution in [1.29, 1.82) is 0 Å². The SMILES string of the molecule is COc1cc(O)c2c(=O)c3cc(O)ccc3oc2c1CC=C(C)C. The van der Waals surface area contributed by atoms with Gasteiger partial charge in [-0.15, -0.1) is 0 Å². The van der Waals surface area contributed by atoms with Gasteiger partial charge in [-0.3, -0.25) is 4.79 Å². The maximum absolute atomic E-state index is 12.8. The molecule has 0 saturated heterocycles. The molecule has 2 aromatic carbocycles. The molecule has 3 aromatic rings. The van der Waals surface area contributed by atoms with Crippen molar-refractivity contribution in [3.63, 3.8) is 0 Å². The van der Waals surface area contributed by atoms with Gasteiger partial charge in [-0.25, -0.2) is 0 Å². The molecule has 1 heterocycles. The summed E-state index contributed by atoms with van der Waals surface area (Å²) >= 11 is 0. The van der Waals surface area contributed by atoms with E-state index in [4.69, 9.17) is 9.15 Å². The molecule has 2 N–H and O–H groups in total. The van der Waals surface area contributed by atoms with Gasteiger partial charge in [-0.2, -0.15) is 0 Å². The minimum Gasteiger partial charge on any atom is -0.508 e. The second-order valence-electron chi connectivity index (χ2n) is 5.88. The molecule has 0 fully saturated rings. The van der Waals surface area contributed by atoms with Crippen LogP contribution in [0.15, 0.2) is 45.1 Å². The Morgan fingerprint density at radius 1 is 1.25 bits per heavy atom. The van der Waals surface area contributed by atoms with E-state index >= 15 is 0 Å². The maximum atomic E-state index is 12.8. The molecule has 0 unspecified atom stereocenters. The molecule has 3 rings (SSSR count). The normalized spacial score (nSPS) is 11.0. The Balaban J connectivity index is 2.47. The van der Waals surface area contributed by atoms with Crippen molar-refractivity contribution in [3.05, 3.63) is 51.7 Å². The van der Waals surface area contributed by atoms with Gasteiger partial charge in [0.15, 0.2) is 0 Å². The quantitative estimate of drug-likeness (QED) is 0.564. The van der Waals surface area contributed by atoms with E-state index in [-0.39, 0.29) is 27.7 Å². The molecule has 1 aromatic heterocycles. The van der Waals surface area contributed by atoms with Gasteiger partial charge in [-0.05, 0) is 38.5 Å². The second kappa shape index (κ2) is 5.92. The lowest BCUT2D eigenvalue weighted by molar-refractivity contribution is 0.404. The van der Waals surface area contributed by atoms with Gasteiger partial charge in [0.1, 0.15) is 33.8 Å². The molecule has 0 amide bonds. The Hall–Kier alpha value is -2.95. The molecule has 124 valence electrons. The van der Waals surface area contributed by atoms with Crippen LogP contribution in [0, 0.1) is 0 Å². The highest BCUT2D eigenvalue weighted by Gasteiger charge is 2.19. The summed E-state index contributed by atoms with van der Waals surface area (Å²) in [4.78, 5) is 12.8. The summed E-state index contributed by atoms with van der Waals surface area (Å²) < 4.78 is 11.2. The summed E-state index contributed by atoms with van der Waals surface area (Å²) in [5, 5.41) is 20.2. The topological polar surface area (TPSA) is 79.9 Å². The van der Waals surface area contributed by atoms with Gasteiger partial charge in [-0.1, -0.05) is 11.6 Å². The van der Waals surface area contributed by atoms with Gasteiger partial charge in [0.2, 0.25) is 5.43 Å². The van der Waals surface area contributed by atoms with Crippen LogP contribution in [0.3, 0.4) is 0 Å². The van der Waals surface area contributed by atoms with Gasteiger partial charge >= 0.3 is 0 Å². The first-order chi connectivity index (χ1) is 11.4. The molecule has 0 atom stereocenters. The van der Waals surface area contributed by atoms with Crippen molar-refractivity contribution in [2.75, 3.05) is 7.11 Å². The van der Waals surface area contributed by atoms with Gasteiger partial charge in [0.05, 0.1) is 12.5 Å². The zero-order chi connectivity index (χ0) is 17.4. The zero-order valence-corrected chi connectivity index (χ0v) is 13.7. The lowest BCUT2D eigenvalue weighted by Gasteiger charge is -2.12. The second-order valence-corrected chi connectivity index (χ2v) is 5.88. The van der Waals surface area contributed by atoms with Crippen molar-refractivity contribution in [3.8, 4) is 17.2 Å². The summed E-state index contributed by atoms with van der Waals surface area (Å²) in [5.41, 5.74) is 2.06. The largest absolute Gasteiger partial charge is 0.508 e. The number of rotatable bonds is 3. The molecule has 0 saturated carbocycles. The van der Waals surface area contributed by atoms with Crippen LogP contribution >= 0.6 is 0 Å². The lowest BCUT2D eigenvalue weighted by atomic mass is 10.0. The van der Waals surface area contributed by atoms with E-state index in [0.29, 0.717) is 28.9 Å². The fraction of sp³-hybridized carbons (Fsp3) is 0.211. The number of ether oxygens (including phenoxy) is 1. The monoisotopic (exact) mass is 326 g/mol. The number of phenols is 2. The molecule has 0 aliphatic rings. The van der Waals surface area contributed by atoms with E-state index in [1.807, 2.05) is 19.9 Å². The van der Waals surface area contributed by atoms with Crippen molar-refractivity contribution < 1.29 is 19.4 Å². The van der Waals surface area contributed by atoms with Crippen molar-refractivity contribution in [2.45, 2.75) is 20.3 Å². The Morgan fingerprint density at radius 2 is 2.00 bits per heavy atom. The first-order valence-corrected chi connectivity index (χ1v) is 7.54. The van der Waals surface area contributed by atoms with Crippen molar-refractivity contribution >= 4 is 21.9 Å². The smallest absolute Gasteiger partial charge is 0.204 e. The van der Waals surface area contributed by atoms with Crippen molar-refractivity contribution in [1.82, 2.24) is 0 Å². The van der Waals surface area contributed by atoms with Crippen LogP contribution in [0.5, 0.6) is 17.2 Å². The standard InChI is InChI=1S/C19H18O5/c1-10(2)4-6-12-16(23-3)9-14(21)17-18(22)13-8-11(20)5-7-15(13)24-19(12)17/h4-5,7-9,20-21H,6H2,1-3H3. The summed E-state index contributed by atoms with van der Waals surface area (Å²) in [6.45, 7) is 3.95. The number of aromatic hydroxyl groups is 2. The Labute approximate surface area is 138 Å². The minimum atomic E-state index is -0.388. The predicted octanol–water partition coefficient (Wildman–Crippen LogP) is 3.87. The van der Waals surface area contributed by atoms with E-state index in [1.54, 1.807) is 0 Å². The highest BCUT2D eigenvalue weighted by atomic mass is 16.5. The molecule has 0 radical (unpaired) electrons. The first-order valence-electron chi connectivity index (χ1n) is 7.54. The number of phenolic OH excluding ortho intramolecular Hbond substituents is 2. The van der Waals surface area contributed by atoms with Crippen LogP contribution < -0.4 is 10.2 Å². The molecule has 5 heteroatoms. The van der Waals surface area contributed by atoms with Crippen molar-refractivity contribution in [2.24, 2.45) is 0 Å². The molecule has 0 spiro atoms. The number of hydrogen-bond donors (Lipinski definition) is 2. The third-order valence-electron chi connectivity index (χ3n) is 3.90. The first kappa shape index (κ1) is 15.9. The number of methoxy groups -OCH3 is 1. The Kier molecular flexibility index (Phi) is 3.93. The van der Waals surface area contributed by atoms with Gasteiger partial charge < -0.3 is 19.4 Å². The molecule has 24 heavy (non-hydrogen) atoms. The van der Waals surface area contributed by atoms with Gasteiger partial charge in [0.25, 0.3) is 0 Å². The zero-order valence-electron chi connectivity index (χ0n) is 13.7. The highest BCUT2D eigenvalue weighted by Crippen LogP contribution is 2.36. The summed E-state index contributed by atoms with van der Waals surface area (Å²) in [5.74, 6) is 0.215. The number of benzene rings is 2. The average Bonchev–Trinajstić information content (AvgIpc) is 2.54. The van der Waals surface area contributed by atoms with Crippen LogP contribution in [0.25, 0.3) is 21.9 Å². The number of fused-ring (bicyclic) bond motifs is 2. The fourth-order valence-corrected chi connectivity index (χ4v) is 2.71. The van der Waals surface area contributed by atoms with Crippen LogP contribution in [-0.4, -0.2) is 17.3 Å². The fourth-order valence-electron chi connectivity index (χ4n) is 2.71. The minimum absolute atomic E-state index is 0.0353. The van der Waals surface area contributed by atoms with E-state index in [0.717, 1.165) is 5.57 Å². The summed E-state index contributed by atoms with van der Waals surface area (Å²) in [7, 11) is 1.50. The van der Waals surface area contributed by atoms with Crippen LogP contribution in [-0.2, 0) is 6.42 Å². The van der Waals surface area contributed by atoms with Crippen LogP contribution in [0.2, 0.25) is 0 Å². The molecule has 0 bridgehead atoms. The molecular formula is C19H18O5. The average molecular weight is 326 g/mol. The molecular weight excluding hydrogens is 308 g/mol. The van der Waals surface area contributed by atoms with Gasteiger partial charge in [0, 0.05) is 11.6 Å². The van der Waals surface area contributed by atoms with E-state index in [2.05, 4.69) is 0 Å². The van der Waals surface area contributed by atoms with Crippen LogP contribution in [0.4, 0.5) is 0 Å². The Morgan fingerprint density at radius 3 is 2.67 bits per heavy atom. The summed E-state index contributed by atoms with van der Waals surface area (Å²) in [6.07, 6.45) is 2.50. The number of allylic oxidation sites excluding steroid dienone is 2. The highest BCUT2D eigenvalue weighted by molar-refractivity contribution is 5.96. The lowest BCUT2D eigenvalue weighted by Crippen LogP contribution is -2.05. The number of hydrogen-bond acceptors (Lipinski definition) is 5. The van der Waals surface area contributed by atoms with E-state index in [9.17, 15) is 15.0 Å². The summed E-state index contributed by atoms with van der Waals surface area (Å²) in [6, 6.07) is 5.74. The van der Waals surface area contributed by atoms with Crippen LogP contribution in [0.1, 0.15) is 19.4 Å². The third-order valence-corrected chi connectivity index (χ3v) is 3.90. The predicted molar refractivity (Wildman–Crippen MR) is 93.0 cm³/mol. The maximum Gasteiger partial charge on any atom is 0.204 e. The molecule has 5 nitrogen and oxygen atoms in total. The Bertz CT molecular complexity index is 1020. The third kappa shape index (κ3) is 2.58. The molecule has 0 aliphatic heterocycles. The van der Waals surface area contributed by atoms with E-state index in [1.165, 1.54) is 31.4 Å². The molecule has 0 aliphatic carbocycles.